The van der Waals surface area contributed by atoms with Crippen molar-refractivity contribution < 1.29 is 9.90 Å². The number of rotatable bonds is 4. The number of hydrogen-bond donors (Lipinski definition) is 1. The van der Waals surface area contributed by atoms with Gasteiger partial charge in [-0.15, -0.1) is 0 Å². The van der Waals surface area contributed by atoms with Gasteiger partial charge in [0.1, 0.15) is 0 Å². The molecule has 0 spiro atoms. The highest BCUT2D eigenvalue weighted by Crippen LogP contribution is 2.15. The summed E-state index contributed by atoms with van der Waals surface area (Å²) < 4.78 is 0. The molecule has 3 heteroatoms. The molecule has 0 saturated carbocycles. The SMILES string of the molecule is CCN(C)C(C)(C)CC(=O)O. The van der Waals surface area contributed by atoms with E-state index in [9.17, 15) is 4.79 Å². The van der Waals surface area contributed by atoms with Gasteiger partial charge < -0.3 is 10.0 Å². The monoisotopic (exact) mass is 159 g/mol. The van der Waals surface area contributed by atoms with Crippen LogP contribution in [-0.4, -0.2) is 35.1 Å². The molecular formula is C8H17NO2. The quantitative estimate of drug-likeness (QED) is 0.670. The molecule has 0 aromatic heterocycles. The number of carboxylic acids is 1. The molecule has 11 heavy (non-hydrogen) atoms. The molecule has 0 aromatic rings. The topological polar surface area (TPSA) is 40.5 Å². The van der Waals surface area contributed by atoms with Gasteiger partial charge in [-0.25, -0.2) is 0 Å². The Labute approximate surface area is 68.0 Å². The summed E-state index contributed by atoms with van der Waals surface area (Å²) in [4.78, 5) is 12.4. The summed E-state index contributed by atoms with van der Waals surface area (Å²) in [5, 5.41) is 8.57. The van der Waals surface area contributed by atoms with Crippen molar-refractivity contribution in [3.05, 3.63) is 0 Å². The summed E-state index contributed by atoms with van der Waals surface area (Å²) in [5.74, 6) is -0.740. The first kappa shape index (κ1) is 10.4. The van der Waals surface area contributed by atoms with Gasteiger partial charge in [-0.3, -0.25) is 4.79 Å². The standard InChI is InChI=1S/C8H17NO2/c1-5-9(4)8(2,3)6-7(10)11/h5-6H2,1-4H3,(H,10,11). The van der Waals surface area contributed by atoms with Crippen molar-refractivity contribution in [1.29, 1.82) is 0 Å². The molecule has 1 N–H and O–H groups in total. The van der Waals surface area contributed by atoms with E-state index in [1.807, 2.05) is 32.7 Å². The second-order valence-electron chi connectivity index (χ2n) is 3.40. The Bertz CT molecular complexity index is 143. The van der Waals surface area contributed by atoms with Crippen LogP contribution in [-0.2, 0) is 4.79 Å². The molecular weight excluding hydrogens is 142 g/mol. The van der Waals surface area contributed by atoms with E-state index in [0.29, 0.717) is 0 Å². The van der Waals surface area contributed by atoms with E-state index in [-0.39, 0.29) is 12.0 Å². The zero-order valence-corrected chi connectivity index (χ0v) is 7.72. The lowest BCUT2D eigenvalue weighted by Crippen LogP contribution is -2.42. The van der Waals surface area contributed by atoms with Gasteiger partial charge in [0.05, 0.1) is 6.42 Å². The first-order chi connectivity index (χ1) is 4.90. The third-order valence-electron chi connectivity index (χ3n) is 2.09. The Morgan fingerprint density at radius 1 is 1.55 bits per heavy atom. The average molecular weight is 159 g/mol. The van der Waals surface area contributed by atoms with E-state index in [2.05, 4.69) is 0 Å². The van der Waals surface area contributed by atoms with Crippen LogP contribution in [0.5, 0.6) is 0 Å². The third kappa shape index (κ3) is 3.37. The molecule has 0 aliphatic rings. The maximum Gasteiger partial charge on any atom is 0.305 e. The molecule has 3 nitrogen and oxygen atoms in total. The lowest BCUT2D eigenvalue weighted by molar-refractivity contribution is -0.139. The maximum absolute atomic E-state index is 10.4. The van der Waals surface area contributed by atoms with Crippen LogP contribution in [0.4, 0.5) is 0 Å². The van der Waals surface area contributed by atoms with Crippen LogP contribution >= 0.6 is 0 Å². The second kappa shape index (κ2) is 3.72. The van der Waals surface area contributed by atoms with E-state index in [4.69, 9.17) is 5.11 Å². The van der Waals surface area contributed by atoms with Crippen LogP contribution in [0.25, 0.3) is 0 Å². The summed E-state index contributed by atoms with van der Waals surface area (Å²) >= 11 is 0. The fourth-order valence-corrected chi connectivity index (χ4v) is 0.933. The molecule has 0 aromatic carbocycles. The van der Waals surface area contributed by atoms with Gasteiger partial charge in [0.25, 0.3) is 0 Å². The molecule has 0 unspecified atom stereocenters. The highest BCUT2D eigenvalue weighted by atomic mass is 16.4. The van der Waals surface area contributed by atoms with Crippen molar-refractivity contribution >= 4 is 5.97 Å². The average Bonchev–Trinajstić information content (AvgIpc) is 1.83. The summed E-state index contributed by atoms with van der Waals surface area (Å²) in [6.45, 7) is 6.76. The van der Waals surface area contributed by atoms with Gasteiger partial charge in [-0.2, -0.15) is 0 Å². The zero-order valence-electron chi connectivity index (χ0n) is 7.72. The van der Waals surface area contributed by atoms with Crippen LogP contribution in [0.15, 0.2) is 0 Å². The highest BCUT2D eigenvalue weighted by molar-refractivity contribution is 5.68. The lowest BCUT2D eigenvalue weighted by atomic mass is 9.99. The van der Waals surface area contributed by atoms with E-state index in [0.717, 1.165) is 6.54 Å². The van der Waals surface area contributed by atoms with Crippen LogP contribution < -0.4 is 0 Å². The Morgan fingerprint density at radius 2 is 2.00 bits per heavy atom. The van der Waals surface area contributed by atoms with E-state index in [1.165, 1.54) is 0 Å². The number of carbonyl (C=O) groups is 1. The first-order valence-electron chi connectivity index (χ1n) is 3.83. The van der Waals surface area contributed by atoms with Gasteiger partial charge in [0, 0.05) is 5.54 Å². The van der Waals surface area contributed by atoms with Crippen molar-refractivity contribution in [2.24, 2.45) is 0 Å². The van der Waals surface area contributed by atoms with Crippen molar-refractivity contribution in [2.75, 3.05) is 13.6 Å². The van der Waals surface area contributed by atoms with Crippen LogP contribution in [0.1, 0.15) is 27.2 Å². The molecule has 0 heterocycles. The summed E-state index contributed by atoms with van der Waals surface area (Å²) in [6.07, 6.45) is 0.192. The Balaban J connectivity index is 4.08. The number of hydrogen-bond acceptors (Lipinski definition) is 2. The minimum atomic E-state index is -0.740. The zero-order chi connectivity index (χ0) is 9.07. The Kier molecular flexibility index (Phi) is 3.52. The second-order valence-corrected chi connectivity index (χ2v) is 3.40. The molecule has 0 amide bonds. The van der Waals surface area contributed by atoms with Crippen LogP contribution in [0.2, 0.25) is 0 Å². The van der Waals surface area contributed by atoms with Gasteiger partial charge in [-0.1, -0.05) is 6.92 Å². The fraction of sp³-hybridized carbons (Fsp3) is 0.875. The highest BCUT2D eigenvalue weighted by Gasteiger charge is 2.24. The third-order valence-corrected chi connectivity index (χ3v) is 2.09. The molecule has 0 saturated heterocycles. The van der Waals surface area contributed by atoms with Gasteiger partial charge >= 0.3 is 5.97 Å². The van der Waals surface area contributed by atoms with Crippen molar-refractivity contribution in [2.45, 2.75) is 32.7 Å². The molecule has 0 atom stereocenters. The molecule has 0 fully saturated rings. The molecule has 0 bridgehead atoms. The fourth-order valence-electron chi connectivity index (χ4n) is 0.933. The molecule has 0 rings (SSSR count). The van der Waals surface area contributed by atoms with E-state index in [1.54, 1.807) is 0 Å². The van der Waals surface area contributed by atoms with Crippen molar-refractivity contribution in [3.8, 4) is 0 Å². The minimum absolute atomic E-state index is 0.192. The van der Waals surface area contributed by atoms with Gasteiger partial charge in [-0.05, 0) is 27.4 Å². The van der Waals surface area contributed by atoms with Crippen molar-refractivity contribution in [1.82, 2.24) is 4.90 Å². The summed E-state index contributed by atoms with van der Waals surface area (Å²) in [5.41, 5.74) is -0.236. The number of carboxylic acid groups (broad SMARTS) is 1. The molecule has 0 aliphatic carbocycles. The predicted molar refractivity (Wildman–Crippen MR) is 44.6 cm³/mol. The predicted octanol–water partition coefficient (Wildman–Crippen LogP) is 1.19. The molecule has 0 aliphatic heterocycles. The van der Waals surface area contributed by atoms with E-state index < -0.39 is 5.97 Å². The van der Waals surface area contributed by atoms with Crippen LogP contribution in [0, 0.1) is 0 Å². The molecule has 0 radical (unpaired) electrons. The van der Waals surface area contributed by atoms with E-state index >= 15 is 0 Å². The van der Waals surface area contributed by atoms with Gasteiger partial charge in [0.2, 0.25) is 0 Å². The summed E-state index contributed by atoms with van der Waals surface area (Å²) in [7, 11) is 1.93. The van der Waals surface area contributed by atoms with Crippen molar-refractivity contribution in [3.63, 3.8) is 0 Å². The minimum Gasteiger partial charge on any atom is -0.481 e. The largest absolute Gasteiger partial charge is 0.481 e. The Morgan fingerprint density at radius 3 is 2.27 bits per heavy atom. The van der Waals surface area contributed by atoms with Crippen LogP contribution in [0.3, 0.4) is 0 Å². The molecule has 66 valence electrons. The lowest BCUT2D eigenvalue weighted by Gasteiger charge is -2.33. The normalized spacial score (nSPS) is 12.1. The smallest absolute Gasteiger partial charge is 0.305 e. The number of aliphatic carboxylic acids is 1. The Hall–Kier alpha value is -0.570. The summed E-state index contributed by atoms with van der Waals surface area (Å²) in [6, 6.07) is 0. The number of nitrogens with zero attached hydrogens (tertiary/aromatic N) is 1. The van der Waals surface area contributed by atoms with Gasteiger partial charge in [0.15, 0.2) is 0 Å². The first-order valence-corrected chi connectivity index (χ1v) is 3.83. The maximum atomic E-state index is 10.4.